The summed E-state index contributed by atoms with van der Waals surface area (Å²) in [5.74, 6) is -0.457. The Hall–Kier alpha value is -2.03. The minimum atomic E-state index is -3.71. The summed E-state index contributed by atoms with van der Waals surface area (Å²) in [5.41, 5.74) is 6.09. The number of pyridine rings is 1. The first-order valence-corrected chi connectivity index (χ1v) is 10.0. The number of piperidine rings is 1. The minimum Gasteiger partial charge on any atom is -0.464 e. The standard InChI is InChI=1S/C18H23N3O4S/c1-12(19)13-5-4-10-21(11-13)26(23,24)16-7-3-6-15-14(16)8-9-20-17(15)18(22)25-2/h3,6-9,12-13H,4-5,10-11,19H2,1-2H3. The fraction of sp³-hybridized carbons (Fsp3) is 0.444. The van der Waals surface area contributed by atoms with Gasteiger partial charge in [0.15, 0.2) is 5.69 Å². The fourth-order valence-electron chi connectivity index (χ4n) is 3.42. The van der Waals surface area contributed by atoms with Crippen LogP contribution in [0.3, 0.4) is 0 Å². The van der Waals surface area contributed by atoms with Gasteiger partial charge in [-0.1, -0.05) is 12.1 Å². The molecule has 0 bridgehead atoms. The molecule has 2 atom stereocenters. The molecule has 0 aliphatic carbocycles. The van der Waals surface area contributed by atoms with Crippen LogP contribution in [0.4, 0.5) is 0 Å². The van der Waals surface area contributed by atoms with Crippen molar-refractivity contribution in [3.8, 4) is 0 Å². The number of esters is 1. The van der Waals surface area contributed by atoms with Crippen molar-refractivity contribution in [2.24, 2.45) is 11.7 Å². The van der Waals surface area contributed by atoms with Crippen molar-refractivity contribution in [1.82, 2.24) is 9.29 Å². The molecule has 0 saturated carbocycles. The van der Waals surface area contributed by atoms with Crippen molar-refractivity contribution in [3.05, 3.63) is 36.2 Å². The van der Waals surface area contributed by atoms with Crippen LogP contribution in [-0.4, -0.2) is 49.9 Å². The molecule has 1 aromatic carbocycles. The van der Waals surface area contributed by atoms with Crippen molar-refractivity contribution < 1.29 is 17.9 Å². The summed E-state index contributed by atoms with van der Waals surface area (Å²) in [5, 5.41) is 0.923. The van der Waals surface area contributed by atoms with Crippen LogP contribution in [0.5, 0.6) is 0 Å². The molecule has 7 nitrogen and oxygen atoms in total. The Morgan fingerprint density at radius 3 is 2.81 bits per heavy atom. The molecule has 1 aromatic heterocycles. The zero-order valence-electron chi connectivity index (χ0n) is 14.9. The predicted molar refractivity (Wildman–Crippen MR) is 98.2 cm³/mol. The molecule has 2 aromatic rings. The van der Waals surface area contributed by atoms with Gasteiger partial charge in [-0.25, -0.2) is 18.2 Å². The van der Waals surface area contributed by atoms with Crippen molar-refractivity contribution in [1.29, 1.82) is 0 Å². The lowest BCUT2D eigenvalue weighted by molar-refractivity contribution is 0.0596. The normalized spacial score (nSPS) is 20.0. The maximum Gasteiger partial charge on any atom is 0.357 e. The van der Waals surface area contributed by atoms with Crippen LogP contribution in [-0.2, 0) is 14.8 Å². The van der Waals surface area contributed by atoms with Gasteiger partial charge in [-0.05, 0) is 37.8 Å². The number of hydrogen-bond acceptors (Lipinski definition) is 6. The summed E-state index contributed by atoms with van der Waals surface area (Å²) in [6.45, 7) is 2.79. The summed E-state index contributed by atoms with van der Waals surface area (Å²) in [4.78, 5) is 16.2. The highest BCUT2D eigenvalue weighted by Gasteiger charge is 2.32. The van der Waals surface area contributed by atoms with Crippen LogP contribution in [0.25, 0.3) is 10.8 Å². The molecule has 1 saturated heterocycles. The lowest BCUT2D eigenvalue weighted by Crippen LogP contribution is -2.45. The summed E-state index contributed by atoms with van der Waals surface area (Å²) >= 11 is 0. The predicted octanol–water partition coefficient (Wildman–Crippen LogP) is 1.77. The fourth-order valence-corrected chi connectivity index (χ4v) is 5.16. The second kappa shape index (κ2) is 7.30. The lowest BCUT2D eigenvalue weighted by atomic mass is 9.93. The molecule has 140 valence electrons. The average Bonchev–Trinajstić information content (AvgIpc) is 2.66. The number of rotatable bonds is 4. The molecule has 2 heterocycles. The van der Waals surface area contributed by atoms with E-state index in [2.05, 4.69) is 4.98 Å². The molecule has 3 rings (SSSR count). The van der Waals surface area contributed by atoms with Crippen molar-refractivity contribution in [2.75, 3.05) is 20.2 Å². The Kier molecular flexibility index (Phi) is 5.27. The van der Waals surface area contributed by atoms with Gasteiger partial charge in [0.2, 0.25) is 10.0 Å². The zero-order chi connectivity index (χ0) is 18.9. The highest BCUT2D eigenvalue weighted by molar-refractivity contribution is 7.89. The van der Waals surface area contributed by atoms with Gasteiger partial charge in [-0.2, -0.15) is 4.31 Å². The van der Waals surface area contributed by atoms with E-state index in [-0.39, 0.29) is 22.5 Å². The van der Waals surface area contributed by atoms with E-state index >= 15 is 0 Å². The molecule has 0 amide bonds. The van der Waals surface area contributed by atoms with Gasteiger partial charge in [0.25, 0.3) is 0 Å². The lowest BCUT2D eigenvalue weighted by Gasteiger charge is -2.34. The molecular weight excluding hydrogens is 354 g/mol. The number of carbonyl (C=O) groups excluding carboxylic acids is 1. The number of sulfonamides is 1. The van der Waals surface area contributed by atoms with E-state index in [1.165, 1.54) is 17.6 Å². The third-order valence-corrected chi connectivity index (χ3v) is 6.85. The van der Waals surface area contributed by atoms with Gasteiger partial charge < -0.3 is 10.5 Å². The Morgan fingerprint density at radius 2 is 2.12 bits per heavy atom. The molecule has 2 N–H and O–H groups in total. The zero-order valence-corrected chi connectivity index (χ0v) is 15.7. The summed E-state index contributed by atoms with van der Waals surface area (Å²) in [7, 11) is -2.44. The van der Waals surface area contributed by atoms with Gasteiger partial charge >= 0.3 is 5.97 Å². The van der Waals surface area contributed by atoms with Gasteiger partial charge in [0, 0.05) is 36.1 Å². The quantitative estimate of drug-likeness (QED) is 0.815. The highest BCUT2D eigenvalue weighted by atomic mass is 32.2. The van der Waals surface area contributed by atoms with Crippen molar-refractivity contribution >= 4 is 26.8 Å². The first kappa shape index (κ1) is 18.8. The summed E-state index contributed by atoms with van der Waals surface area (Å²) < 4.78 is 32.8. The van der Waals surface area contributed by atoms with Crippen LogP contribution in [0, 0.1) is 5.92 Å². The third-order valence-electron chi connectivity index (χ3n) is 4.93. The Balaban J connectivity index is 2.08. The summed E-state index contributed by atoms with van der Waals surface area (Å²) in [6, 6.07) is 6.41. The highest BCUT2D eigenvalue weighted by Crippen LogP contribution is 2.30. The maximum absolute atomic E-state index is 13.3. The number of nitrogens with zero attached hydrogens (tertiary/aromatic N) is 2. The smallest absolute Gasteiger partial charge is 0.357 e. The molecular formula is C18H23N3O4S. The molecule has 1 aliphatic heterocycles. The second-order valence-corrected chi connectivity index (χ2v) is 8.53. The van der Waals surface area contributed by atoms with Crippen molar-refractivity contribution in [3.63, 3.8) is 0 Å². The molecule has 26 heavy (non-hydrogen) atoms. The van der Waals surface area contributed by atoms with Gasteiger partial charge in [0.05, 0.1) is 12.0 Å². The Morgan fingerprint density at radius 1 is 1.35 bits per heavy atom. The minimum absolute atomic E-state index is 0.0596. The van der Waals surface area contributed by atoms with E-state index in [4.69, 9.17) is 10.5 Å². The second-order valence-electron chi connectivity index (χ2n) is 6.63. The first-order chi connectivity index (χ1) is 12.4. The van der Waals surface area contributed by atoms with Gasteiger partial charge in [-0.15, -0.1) is 0 Å². The maximum atomic E-state index is 13.3. The number of methoxy groups -OCH3 is 1. The van der Waals surface area contributed by atoms with E-state index in [0.29, 0.717) is 23.9 Å². The van der Waals surface area contributed by atoms with Crippen LogP contribution < -0.4 is 5.73 Å². The first-order valence-electron chi connectivity index (χ1n) is 8.58. The number of ether oxygens (including phenoxy) is 1. The van der Waals surface area contributed by atoms with Gasteiger partial charge in [0.1, 0.15) is 0 Å². The van der Waals surface area contributed by atoms with Crippen LogP contribution in [0.1, 0.15) is 30.3 Å². The monoisotopic (exact) mass is 377 g/mol. The average molecular weight is 377 g/mol. The SMILES string of the molecule is COC(=O)c1nccc2c(S(=O)(=O)N3CCCC(C(C)N)C3)cccc12. The number of nitrogens with two attached hydrogens (primary N) is 1. The number of benzene rings is 1. The van der Waals surface area contributed by atoms with Gasteiger partial charge in [-0.3, -0.25) is 0 Å². The van der Waals surface area contributed by atoms with Crippen LogP contribution in [0.2, 0.25) is 0 Å². The largest absolute Gasteiger partial charge is 0.464 e. The van der Waals surface area contributed by atoms with E-state index in [1.807, 2.05) is 6.92 Å². The molecule has 8 heteroatoms. The van der Waals surface area contributed by atoms with E-state index in [9.17, 15) is 13.2 Å². The molecule has 1 fully saturated rings. The van der Waals surface area contributed by atoms with E-state index < -0.39 is 16.0 Å². The molecule has 1 aliphatic rings. The molecule has 0 radical (unpaired) electrons. The van der Waals surface area contributed by atoms with Crippen molar-refractivity contribution in [2.45, 2.75) is 30.7 Å². The number of fused-ring (bicyclic) bond motifs is 1. The molecule has 2 unspecified atom stereocenters. The number of hydrogen-bond donors (Lipinski definition) is 1. The number of aromatic nitrogens is 1. The van der Waals surface area contributed by atoms with Crippen LogP contribution in [0.15, 0.2) is 35.4 Å². The Labute approximate surface area is 153 Å². The number of carbonyl (C=O) groups is 1. The summed E-state index contributed by atoms with van der Waals surface area (Å²) in [6.07, 6.45) is 3.13. The topological polar surface area (TPSA) is 103 Å². The van der Waals surface area contributed by atoms with E-state index in [1.54, 1.807) is 24.3 Å². The third kappa shape index (κ3) is 3.32. The molecule has 0 spiro atoms. The van der Waals surface area contributed by atoms with E-state index in [0.717, 1.165) is 12.8 Å². The van der Waals surface area contributed by atoms with Crippen LogP contribution >= 0.6 is 0 Å². The Bertz CT molecular complexity index is 927.